The lowest BCUT2D eigenvalue weighted by Gasteiger charge is -2.20. The van der Waals surface area contributed by atoms with Gasteiger partial charge < -0.3 is 14.8 Å². The Kier molecular flexibility index (Phi) is 7.59. The number of nitrogens with one attached hydrogen (secondary N) is 1. The fraction of sp³-hybridized carbons (Fsp3) is 0.259. The van der Waals surface area contributed by atoms with E-state index in [1.54, 1.807) is 12.1 Å². The second kappa shape index (κ2) is 10.7. The lowest BCUT2D eigenvalue weighted by Crippen LogP contribution is -2.20. The van der Waals surface area contributed by atoms with Crippen LogP contribution < -0.4 is 14.8 Å². The number of para-hydroxylation sites is 1. The highest BCUT2D eigenvalue weighted by Gasteiger charge is 2.34. The minimum atomic E-state index is -4.53. The number of rotatable bonds is 7. The Labute approximate surface area is 204 Å². The van der Waals surface area contributed by atoms with E-state index in [4.69, 9.17) is 9.47 Å². The fourth-order valence-corrected chi connectivity index (χ4v) is 3.89. The number of halogens is 6. The summed E-state index contributed by atoms with van der Waals surface area (Å²) in [6.45, 7) is 1.49. The van der Waals surface area contributed by atoms with Crippen LogP contribution in [0.25, 0.3) is 5.57 Å². The van der Waals surface area contributed by atoms with Gasteiger partial charge in [-0.3, -0.25) is 0 Å². The minimum Gasteiger partial charge on any atom is -0.489 e. The molecule has 0 saturated carbocycles. The third-order valence-electron chi connectivity index (χ3n) is 5.75. The third kappa shape index (κ3) is 6.40. The van der Waals surface area contributed by atoms with Crippen molar-refractivity contribution in [3.8, 4) is 11.5 Å². The summed E-state index contributed by atoms with van der Waals surface area (Å²) in [5.41, 5.74) is 1.81. The Morgan fingerprint density at radius 2 is 1.53 bits per heavy atom. The predicted octanol–water partition coefficient (Wildman–Crippen LogP) is 7.26. The normalized spacial score (nSPS) is 14.3. The van der Waals surface area contributed by atoms with Crippen molar-refractivity contribution in [2.24, 2.45) is 0 Å². The van der Waals surface area contributed by atoms with Crippen LogP contribution in [0.15, 0.2) is 72.8 Å². The molecular formula is C27H23F6NO2. The van der Waals surface area contributed by atoms with Crippen molar-refractivity contribution in [3.63, 3.8) is 0 Å². The zero-order chi connectivity index (χ0) is 25.8. The van der Waals surface area contributed by atoms with Gasteiger partial charge in [-0.2, -0.15) is 26.3 Å². The van der Waals surface area contributed by atoms with E-state index in [2.05, 4.69) is 5.32 Å². The van der Waals surface area contributed by atoms with E-state index in [1.807, 2.05) is 12.1 Å². The van der Waals surface area contributed by atoms with Crippen LogP contribution in [0.1, 0.15) is 34.2 Å². The van der Waals surface area contributed by atoms with Crippen molar-refractivity contribution < 1.29 is 35.8 Å². The molecule has 0 saturated heterocycles. The molecule has 3 aromatic rings. The number of benzene rings is 3. The van der Waals surface area contributed by atoms with Crippen molar-refractivity contribution in [3.05, 3.63) is 101 Å². The molecule has 1 heterocycles. The molecule has 0 unspecified atom stereocenters. The molecule has 1 aliphatic heterocycles. The zero-order valence-corrected chi connectivity index (χ0v) is 19.0. The molecule has 3 nitrogen and oxygen atoms in total. The van der Waals surface area contributed by atoms with Gasteiger partial charge in [0, 0.05) is 6.54 Å². The summed E-state index contributed by atoms with van der Waals surface area (Å²) in [6.07, 6.45) is -6.18. The van der Waals surface area contributed by atoms with Crippen LogP contribution in [0.4, 0.5) is 26.3 Å². The summed E-state index contributed by atoms with van der Waals surface area (Å²) in [7, 11) is 0. The highest BCUT2D eigenvalue weighted by molar-refractivity contribution is 5.70. The molecular weight excluding hydrogens is 484 g/mol. The molecule has 0 bridgehead atoms. The number of hydrogen-bond acceptors (Lipinski definition) is 3. The summed E-state index contributed by atoms with van der Waals surface area (Å²) in [6, 6.07) is 14.9. The van der Waals surface area contributed by atoms with Crippen molar-refractivity contribution in [1.82, 2.24) is 5.32 Å². The van der Waals surface area contributed by atoms with Crippen molar-refractivity contribution in [2.75, 3.05) is 13.1 Å². The van der Waals surface area contributed by atoms with Gasteiger partial charge in [-0.25, -0.2) is 0 Å². The van der Waals surface area contributed by atoms with Crippen LogP contribution in [-0.2, 0) is 25.6 Å². The molecule has 3 aromatic carbocycles. The maximum Gasteiger partial charge on any atom is 0.419 e. The largest absolute Gasteiger partial charge is 0.489 e. The van der Waals surface area contributed by atoms with Gasteiger partial charge in [-0.1, -0.05) is 30.3 Å². The molecule has 9 heteroatoms. The van der Waals surface area contributed by atoms with Gasteiger partial charge in [0.1, 0.15) is 24.7 Å². The summed E-state index contributed by atoms with van der Waals surface area (Å²) in [5.74, 6) is 0.0479. The molecule has 1 aliphatic rings. The monoisotopic (exact) mass is 507 g/mol. The molecule has 1 N–H and O–H groups in total. The van der Waals surface area contributed by atoms with E-state index < -0.39 is 23.5 Å². The summed E-state index contributed by atoms with van der Waals surface area (Å²) in [5, 5.41) is 3.23. The average Bonchev–Trinajstić information content (AvgIpc) is 2.86. The Morgan fingerprint density at radius 3 is 2.19 bits per heavy atom. The van der Waals surface area contributed by atoms with E-state index in [0.717, 1.165) is 47.9 Å². The first-order valence-electron chi connectivity index (χ1n) is 11.2. The smallest absolute Gasteiger partial charge is 0.419 e. The summed E-state index contributed by atoms with van der Waals surface area (Å²) < 4.78 is 89.5. The van der Waals surface area contributed by atoms with Gasteiger partial charge >= 0.3 is 12.4 Å². The standard InChI is InChI=1S/C27H23F6NO2/c28-26(29,30)21-7-9-22(10-8-21)35-17-20-6-5-18(15-23(20)19-11-13-34-14-12-19)16-36-25-4-2-1-3-24(25)27(31,32)33/h1-11,15,34H,12-14,16-17H2. The average molecular weight is 507 g/mol. The molecule has 190 valence electrons. The Hall–Kier alpha value is -3.46. The van der Waals surface area contributed by atoms with E-state index in [9.17, 15) is 26.3 Å². The second-order valence-corrected chi connectivity index (χ2v) is 8.27. The van der Waals surface area contributed by atoms with Crippen LogP contribution in [-0.4, -0.2) is 13.1 Å². The summed E-state index contributed by atoms with van der Waals surface area (Å²) >= 11 is 0. The molecule has 0 atom stereocenters. The molecule has 0 aliphatic carbocycles. The van der Waals surface area contributed by atoms with Gasteiger partial charge in [0.15, 0.2) is 0 Å². The van der Waals surface area contributed by atoms with Crippen LogP contribution in [0, 0.1) is 0 Å². The Balaban J connectivity index is 1.53. The van der Waals surface area contributed by atoms with Gasteiger partial charge in [0.05, 0.1) is 11.1 Å². The van der Waals surface area contributed by atoms with Crippen molar-refractivity contribution >= 4 is 5.57 Å². The minimum absolute atomic E-state index is 0.0638. The first kappa shape index (κ1) is 25.6. The van der Waals surface area contributed by atoms with Gasteiger partial charge in [0.25, 0.3) is 0 Å². The lowest BCUT2D eigenvalue weighted by atomic mass is 9.94. The number of alkyl halides is 6. The molecule has 36 heavy (non-hydrogen) atoms. The summed E-state index contributed by atoms with van der Waals surface area (Å²) in [4.78, 5) is 0. The first-order valence-corrected chi connectivity index (χ1v) is 11.2. The molecule has 0 amide bonds. The van der Waals surface area contributed by atoms with Gasteiger partial charge in [-0.15, -0.1) is 0 Å². The van der Waals surface area contributed by atoms with Gasteiger partial charge in [-0.05, 0) is 77.7 Å². The van der Waals surface area contributed by atoms with E-state index in [-0.39, 0.29) is 19.0 Å². The molecule has 0 fully saturated rings. The van der Waals surface area contributed by atoms with E-state index >= 15 is 0 Å². The maximum absolute atomic E-state index is 13.3. The maximum atomic E-state index is 13.3. The predicted molar refractivity (Wildman–Crippen MR) is 123 cm³/mol. The van der Waals surface area contributed by atoms with E-state index in [0.29, 0.717) is 17.9 Å². The highest BCUT2D eigenvalue weighted by atomic mass is 19.4. The van der Waals surface area contributed by atoms with Crippen LogP contribution in [0.5, 0.6) is 11.5 Å². The van der Waals surface area contributed by atoms with E-state index in [1.165, 1.54) is 30.3 Å². The van der Waals surface area contributed by atoms with Crippen LogP contribution in [0.2, 0.25) is 0 Å². The Morgan fingerprint density at radius 1 is 0.778 bits per heavy atom. The Bertz CT molecular complexity index is 1220. The highest BCUT2D eigenvalue weighted by Crippen LogP contribution is 2.36. The third-order valence-corrected chi connectivity index (χ3v) is 5.75. The first-order chi connectivity index (χ1) is 17.1. The zero-order valence-electron chi connectivity index (χ0n) is 19.0. The molecule has 4 rings (SSSR count). The second-order valence-electron chi connectivity index (χ2n) is 8.27. The molecule has 0 radical (unpaired) electrons. The number of ether oxygens (including phenoxy) is 2. The lowest BCUT2D eigenvalue weighted by molar-refractivity contribution is -0.139. The SMILES string of the molecule is FC(F)(F)c1ccc(OCc2ccc(COc3ccccc3C(F)(F)F)cc2C2=CCNCC2)cc1. The van der Waals surface area contributed by atoms with Crippen LogP contribution in [0.3, 0.4) is 0 Å². The van der Waals surface area contributed by atoms with Crippen LogP contribution >= 0.6 is 0 Å². The van der Waals surface area contributed by atoms with Crippen molar-refractivity contribution in [1.29, 1.82) is 0 Å². The molecule has 0 aromatic heterocycles. The number of hydrogen-bond donors (Lipinski definition) is 1. The quantitative estimate of drug-likeness (QED) is 0.342. The molecule has 0 spiro atoms. The fourth-order valence-electron chi connectivity index (χ4n) is 3.89. The van der Waals surface area contributed by atoms with Gasteiger partial charge in [0.2, 0.25) is 0 Å². The topological polar surface area (TPSA) is 30.5 Å². The van der Waals surface area contributed by atoms with Crippen molar-refractivity contribution in [2.45, 2.75) is 32.0 Å².